The summed E-state index contributed by atoms with van der Waals surface area (Å²) in [5.74, 6) is 0.587. The summed E-state index contributed by atoms with van der Waals surface area (Å²) >= 11 is 0. The van der Waals surface area contributed by atoms with Crippen LogP contribution in [0.4, 0.5) is 0 Å². The van der Waals surface area contributed by atoms with Crippen molar-refractivity contribution >= 4 is 6.21 Å². The quantitative estimate of drug-likeness (QED) is 0.258. The predicted molar refractivity (Wildman–Crippen MR) is 63.8 cm³/mol. The van der Waals surface area contributed by atoms with Crippen molar-refractivity contribution < 1.29 is 9.48 Å². The summed E-state index contributed by atoms with van der Waals surface area (Å²) in [4.78, 5) is 4.02. The summed E-state index contributed by atoms with van der Waals surface area (Å²) in [5, 5.41) is 11.5. The fourth-order valence-corrected chi connectivity index (χ4v) is 1.04. The molecular formula is C12H18N2O2. The van der Waals surface area contributed by atoms with Crippen LogP contribution in [0, 0.1) is 5.21 Å². The third-order valence-electron chi connectivity index (χ3n) is 1.96. The number of hydrogen-bond donors (Lipinski definition) is 0. The minimum absolute atomic E-state index is 0.384. The van der Waals surface area contributed by atoms with Gasteiger partial charge in [0, 0.05) is 33.0 Å². The standard InChI is InChI=1S/C12H18N2O2/c1-12(2,3)14(15)9-6-10-16-11-7-4-5-8-13-11/h4-5,7-9H,6,10H2,1-3H3. The van der Waals surface area contributed by atoms with Gasteiger partial charge in [-0.3, -0.25) is 0 Å². The van der Waals surface area contributed by atoms with Crippen LogP contribution in [0.25, 0.3) is 0 Å². The Morgan fingerprint density at radius 1 is 1.44 bits per heavy atom. The second kappa shape index (κ2) is 5.49. The molecule has 88 valence electrons. The van der Waals surface area contributed by atoms with Gasteiger partial charge in [-0.1, -0.05) is 6.07 Å². The molecule has 0 atom stereocenters. The van der Waals surface area contributed by atoms with Crippen molar-refractivity contribution in [1.82, 2.24) is 4.98 Å². The molecule has 1 rings (SSSR count). The van der Waals surface area contributed by atoms with Gasteiger partial charge in [-0.2, -0.15) is 0 Å². The van der Waals surface area contributed by atoms with Gasteiger partial charge in [-0.25, -0.2) is 9.72 Å². The van der Waals surface area contributed by atoms with Gasteiger partial charge in [0.15, 0.2) is 11.8 Å². The van der Waals surface area contributed by atoms with Gasteiger partial charge in [0.1, 0.15) is 0 Å². The lowest BCUT2D eigenvalue weighted by molar-refractivity contribution is -0.532. The molecule has 4 heteroatoms. The molecule has 0 aromatic carbocycles. The van der Waals surface area contributed by atoms with E-state index >= 15 is 0 Å². The molecule has 1 aromatic rings. The molecule has 1 aromatic heterocycles. The van der Waals surface area contributed by atoms with Gasteiger partial charge in [0.2, 0.25) is 5.88 Å². The Kier molecular flexibility index (Phi) is 4.28. The Morgan fingerprint density at radius 3 is 2.75 bits per heavy atom. The molecule has 1 heterocycles. The number of nitrogens with zero attached hydrogens (tertiary/aromatic N) is 2. The fraction of sp³-hybridized carbons (Fsp3) is 0.500. The number of rotatable bonds is 4. The molecule has 0 aliphatic rings. The third kappa shape index (κ3) is 4.29. The maximum atomic E-state index is 11.5. The molecule has 0 N–H and O–H groups in total. The van der Waals surface area contributed by atoms with Crippen molar-refractivity contribution in [2.45, 2.75) is 32.7 Å². The summed E-state index contributed by atoms with van der Waals surface area (Å²) < 4.78 is 6.31. The average molecular weight is 222 g/mol. The molecule has 0 saturated heterocycles. The van der Waals surface area contributed by atoms with E-state index in [4.69, 9.17) is 4.74 Å². The zero-order chi connectivity index (χ0) is 12.0. The van der Waals surface area contributed by atoms with E-state index in [1.54, 1.807) is 18.5 Å². The van der Waals surface area contributed by atoms with Gasteiger partial charge in [-0.15, -0.1) is 0 Å². The SMILES string of the molecule is CC(C)(C)[N+]([O-])=CCCOc1ccccn1. The highest BCUT2D eigenvalue weighted by Gasteiger charge is 2.17. The zero-order valence-corrected chi connectivity index (χ0v) is 10.0. The summed E-state index contributed by atoms with van der Waals surface area (Å²) in [6.07, 6.45) is 3.86. The molecule has 0 fully saturated rings. The first-order valence-corrected chi connectivity index (χ1v) is 5.34. The molecule has 0 bridgehead atoms. The van der Waals surface area contributed by atoms with Crippen LogP contribution in [-0.4, -0.2) is 28.1 Å². The van der Waals surface area contributed by atoms with Crippen molar-refractivity contribution in [2.24, 2.45) is 0 Å². The lowest BCUT2D eigenvalue weighted by Gasteiger charge is -2.18. The monoisotopic (exact) mass is 222 g/mol. The zero-order valence-electron chi connectivity index (χ0n) is 10.0. The van der Waals surface area contributed by atoms with Crippen molar-refractivity contribution in [1.29, 1.82) is 0 Å². The molecule has 0 unspecified atom stereocenters. The van der Waals surface area contributed by atoms with Crippen molar-refractivity contribution in [3.63, 3.8) is 0 Å². The summed E-state index contributed by atoms with van der Waals surface area (Å²) in [6.45, 7) is 6.08. The molecule has 16 heavy (non-hydrogen) atoms. The average Bonchev–Trinajstić information content (AvgIpc) is 2.24. The number of hydroxylamine groups is 1. The van der Waals surface area contributed by atoms with E-state index < -0.39 is 0 Å². The Balaban J connectivity index is 2.32. The van der Waals surface area contributed by atoms with Crippen LogP contribution in [0.2, 0.25) is 0 Å². The summed E-state index contributed by atoms with van der Waals surface area (Å²) in [7, 11) is 0. The van der Waals surface area contributed by atoms with Gasteiger partial charge < -0.3 is 9.94 Å². The minimum atomic E-state index is -0.384. The molecule has 0 radical (unpaired) electrons. The lowest BCUT2D eigenvalue weighted by Crippen LogP contribution is -2.29. The van der Waals surface area contributed by atoms with E-state index in [2.05, 4.69) is 4.98 Å². The van der Waals surface area contributed by atoms with Crippen LogP contribution in [0.5, 0.6) is 5.88 Å². The topological polar surface area (TPSA) is 48.2 Å². The first-order chi connectivity index (χ1) is 7.50. The number of aromatic nitrogens is 1. The second-order valence-electron chi connectivity index (χ2n) is 4.48. The molecule has 0 amide bonds. The maximum absolute atomic E-state index is 11.5. The fourth-order valence-electron chi connectivity index (χ4n) is 1.04. The highest BCUT2D eigenvalue weighted by molar-refractivity contribution is 5.51. The van der Waals surface area contributed by atoms with Crippen LogP contribution in [0.3, 0.4) is 0 Å². The molecular weight excluding hydrogens is 204 g/mol. The van der Waals surface area contributed by atoms with Crippen molar-refractivity contribution in [2.75, 3.05) is 6.61 Å². The largest absolute Gasteiger partial charge is 0.624 e. The Hall–Kier alpha value is -1.58. The molecule has 0 aliphatic heterocycles. The Morgan fingerprint density at radius 2 is 2.19 bits per heavy atom. The highest BCUT2D eigenvalue weighted by atomic mass is 16.5. The number of ether oxygens (including phenoxy) is 1. The van der Waals surface area contributed by atoms with Crippen LogP contribution in [0.1, 0.15) is 27.2 Å². The van der Waals surface area contributed by atoms with E-state index in [-0.39, 0.29) is 5.54 Å². The van der Waals surface area contributed by atoms with Gasteiger partial charge in [0.05, 0.1) is 13.0 Å². The van der Waals surface area contributed by atoms with Crippen LogP contribution < -0.4 is 4.74 Å². The van der Waals surface area contributed by atoms with Gasteiger partial charge >= 0.3 is 0 Å². The molecule has 0 saturated carbocycles. The first-order valence-electron chi connectivity index (χ1n) is 5.34. The second-order valence-corrected chi connectivity index (χ2v) is 4.48. The summed E-state index contributed by atoms with van der Waals surface area (Å²) in [5.41, 5.74) is -0.384. The Labute approximate surface area is 96.2 Å². The van der Waals surface area contributed by atoms with Crippen molar-refractivity contribution in [3.05, 3.63) is 29.6 Å². The summed E-state index contributed by atoms with van der Waals surface area (Å²) in [6, 6.07) is 5.48. The molecule has 4 nitrogen and oxygen atoms in total. The van der Waals surface area contributed by atoms with E-state index in [9.17, 15) is 5.21 Å². The highest BCUT2D eigenvalue weighted by Crippen LogP contribution is 2.05. The van der Waals surface area contributed by atoms with Gasteiger partial charge in [-0.05, 0) is 6.07 Å². The van der Waals surface area contributed by atoms with Gasteiger partial charge in [0.25, 0.3) is 0 Å². The molecule has 0 spiro atoms. The minimum Gasteiger partial charge on any atom is -0.624 e. The van der Waals surface area contributed by atoms with E-state index in [0.29, 0.717) is 18.9 Å². The maximum Gasteiger partial charge on any atom is 0.213 e. The van der Waals surface area contributed by atoms with E-state index in [1.165, 1.54) is 0 Å². The van der Waals surface area contributed by atoms with Crippen LogP contribution >= 0.6 is 0 Å². The predicted octanol–water partition coefficient (Wildman–Crippen LogP) is 2.23. The van der Waals surface area contributed by atoms with E-state index in [1.807, 2.05) is 32.9 Å². The normalized spacial score (nSPS) is 12.6. The molecule has 0 aliphatic carbocycles. The van der Waals surface area contributed by atoms with E-state index in [0.717, 1.165) is 4.74 Å². The first kappa shape index (κ1) is 12.5. The smallest absolute Gasteiger partial charge is 0.213 e. The Bertz CT molecular complexity index is 342. The number of hydrogen-bond acceptors (Lipinski definition) is 3. The van der Waals surface area contributed by atoms with Crippen molar-refractivity contribution in [3.8, 4) is 5.88 Å². The lowest BCUT2D eigenvalue weighted by atomic mass is 10.1. The van der Waals surface area contributed by atoms with Crippen LogP contribution in [-0.2, 0) is 0 Å². The third-order valence-corrected chi connectivity index (χ3v) is 1.96. The number of pyridine rings is 1. The van der Waals surface area contributed by atoms with Crippen LogP contribution in [0.15, 0.2) is 24.4 Å².